The molecule has 0 unspecified atom stereocenters. The van der Waals surface area contributed by atoms with E-state index < -0.39 is 0 Å². The Balaban J connectivity index is 0.000000338. The number of allylic oxidation sites excluding steroid dienone is 2. The van der Waals surface area contributed by atoms with E-state index in [2.05, 4.69) is 91.0 Å². The van der Waals surface area contributed by atoms with E-state index in [4.69, 9.17) is 10.1 Å². The van der Waals surface area contributed by atoms with Crippen LogP contribution in [0.5, 0.6) is 0 Å². The molecule has 4 heteroatoms. The van der Waals surface area contributed by atoms with Crippen LogP contribution in [0.1, 0.15) is 13.8 Å². The Kier molecular flexibility index (Phi) is 7.59. The van der Waals surface area contributed by atoms with Gasteiger partial charge in [0.15, 0.2) is 5.78 Å². The molecule has 0 saturated carbocycles. The largest absolute Gasteiger partial charge is 0.512 e. The number of pyridine rings is 1. The third-order valence-electron chi connectivity index (χ3n) is 5.94. The third kappa shape index (κ3) is 5.06. The van der Waals surface area contributed by atoms with E-state index >= 15 is 0 Å². The van der Waals surface area contributed by atoms with Crippen molar-refractivity contribution in [3.8, 4) is 44.6 Å². The summed E-state index contributed by atoms with van der Waals surface area (Å²) in [6, 6.07) is 37.4. The van der Waals surface area contributed by atoms with E-state index in [9.17, 15) is 4.79 Å². The van der Waals surface area contributed by atoms with Gasteiger partial charge in [-0.3, -0.25) is 9.78 Å². The van der Waals surface area contributed by atoms with Crippen molar-refractivity contribution in [1.82, 2.24) is 4.98 Å². The maximum Gasteiger partial charge on any atom is 0.155 e. The summed E-state index contributed by atoms with van der Waals surface area (Å²) in [6.45, 7) is 2.85. The maximum atomic E-state index is 10.0. The fourth-order valence-electron chi connectivity index (χ4n) is 4.53. The third-order valence-corrected chi connectivity index (χ3v) is 5.94. The van der Waals surface area contributed by atoms with Crippen LogP contribution in [0.15, 0.2) is 109 Å². The molecule has 1 aromatic heterocycles. The summed E-state index contributed by atoms with van der Waals surface area (Å²) in [5.41, 5.74) is 10.6. The molecule has 5 aromatic rings. The van der Waals surface area contributed by atoms with Gasteiger partial charge < -0.3 is 5.11 Å². The van der Waals surface area contributed by atoms with Crippen LogP contribution in [0.4, 0.5) is 0 Å². The predicted molar refractivity (Wildman–Crippen MR) is 143 cm³/mol. The Morgan fingerprint density at radius 2 is 1.44 bits per heavy atom. The summed E-state index contributed by atoms with van der Waals surface area (Å²) in [5, 5.41) is 9.62. The zero-order valence-electron chi connectivity index (χ0n) is 20.0. The number of aromatic nitrogens is 1. The molecular formula is C32H24IrNO2-. The topological polar surface area (TPSA) is 50.2 Å². The van der Waals surface area contributed by atoms with Crippen molar-refractivity contribution in [2.24, 2.45) is 0 Å². The first-order chi connectivity index (χ1) is 17.0. The summed E-state index contributed by atoms with van der Waals surface area (Å²) >= 11 is 0. The molecular weight excluding hydrogens is 623 g/mol. The van der Waals surface area contributed by atoms with Gasteiger partial charge >= 0.3 is 0 Å². The van der Waals surface area contributed by atoms with Crippen molar-refractivity contribution in [1.29, 1.82) is 0 Å². The molecule has 1 aliphatic carbocycles. The van der Waals surface area contributed by atoms with Gasteiger partial charge in [0.2, 0.25) is 0 Å². The first-order valence-corrected chi connectivity index (χ1v) is 11.5. The molecule has 0 spiro atoms. The summed E-state index contributed by atoms with van der Waals surface area (Å²) in [4.78, 5) is 15.0. The van der Waals surface area contributed by atoms with Crippen molar-refractivity contribution in [2.45, 2.75) is 13.8 Å². The number of nitrogens with zero attached hydrogens (tertiary/aromatic N) is 1. The molecule has 0 fully saturated rings. The normalized spacial score (nSPS) is 11.2. The summed E-state index contributed by atoms with van der Waals surface area (Å²) in [6.07, 6.45) is 1.17. The molecule has 0 amide bonds. The average Bonchev–Trinajstić information content (AvgIpc) is 3.19. The van der Waals surface area contributed by atoms with E-state index in [0.29, 0.717) is 0 Å². The first-order valence-electron chi connectivity index (χ1n) is 11.5. The second-order valence-electron chi connectivity index (χ2n) is 8.55. The number of hydrogen-bond donors (Lipinski definition) is 1. The predicted octanol–water partition coefficient (Wildman–Crippen LogP) is 8.05. The standard InChI is InChI=1S/C27H16N.C5H8O2.Ir/c1-2-8-18(9-3-1)19-10-6-11-20(16-19)26-17-24-22-13-5-4-12-21(22)23-14-7-15-25(28-26)27(23)24;1-4(6)3-5(2)7;/h1-10,12-17H;3,6H,1-2H3;/q-1;;. The molecule has 1 N–H and O–H groups in total. The van der Waals surface area contributed by atoms with Gasteiger partial charge in [-0.15, -0.1) is 35.4 Å². The van der Waals surface area contributed by atoms with Crippen LogP contribution in [0.3, 0.4) is 0 Å². The van der Waals surface area contributed by atoms with E-state index in [1.54, 1.807) is 0 Å². The van der Waals surface area contributed by atoms with E-state index in [-0.39, 0.29) is 31.6 Å². The van der Waals surface area contributed by atoms with E-state index in [1.807, 2.05) is 12.1 Å². The average molecular weight is 647 g/mol. The molecule has 36 heavy (non-hydrogen) atoms. The number of aliphatic hydroxyl groups is 1. The summed E-state index contributed by atoms with van der Waals surface area (Å²) in [5.74, 6) is -0.0625. The van der Waals surface area contributed by atoms with Gasteiger partial charge in [-0.1, -0.05) is 72.8 Å². The number of carbonyl (C=O) groups excluding carboxylic acids is 1. The molecule has 1 aliphatic rings. The van der Waals surface area contributed by atoms with Gasteiger partial charge in [0.1, 0.15) is 0 Å². The number of benzene rings is 4. The van der Waals surface area contributed by atoms with Crippen LogP contribution in [0, 0.1) is 6.07 Å². The van der Waals surface area contributed by atoms with Crippen molar-refractivity contribution in [2.75, 3.05) is 0 Å². The van der Waals surface area contributed by atoms with E-state index in [0.717, 1.165) is 16.8 Å². The van der Waals surface area contributed by atoms with Gasteiger partial charge in [-0.05, 0) is 53.4 Å². The van der Waals surface area contributed by atoms with Crippen LogP contribution < -0.4 is 0 Å². The Labute approximate surface area is 224 Å². The van der Waals surface area contributed by atoms with Gasteiger partial charge in [0, 0.05) is 31.6 Å². The molecule has 0 bridgehead atoms. The van der Waals surface area contributed by atoms with E-state index in [1.165, 1.54) is 58.7 Å². The Bertz CT molecular complexity index is 1590. The molecule has 4 aromatic carbocycles. The van der Waals surface area contributed by atoms with Crippen LogP contribution in [0.2, 0.25) is 0 Å². The van der Waals surface area contributed by atoms with Gasteiger partial charge in [0.25, 0.3) is 0 Å². The van der Waals surface area contributed by atoms with Gasteiger partial charge in [0.05, 0.1) is 11.3 Å². The second-order valence-corrected chi connectivity index (χ2v) is 8.55. The minimum atomic E-state index is -0.125. The maximum absolute atomic E-state index is 10.0. The Morgan fingerprint density at radius 1 is 0.778 bits per heavy atom. The van der Waals surface area contributed by atoms with Crippen molar-refractivity contribution >= 4 is 16.7 Å². The number of carbonyl (C=O) groups is 1. The smallest absolute Gasteiger partial charge is 0.155 e. The molecule has 6 rings (SSSR count). The summed E-state index contributed by atoms with van der Waals surface area (Å²) in [7, 11) is 0. The molecule has 1 radical (unpaired) electrons. The van der Waals surface area contributed by atoms with Crippen molar-refractivity contribution in [3.05, 3.63) is 115 Å². The minimum Gasteiger partial charge on any atom is -0.512 e. The monoisotopic (exact) mass is 647 g/mol. The summed E-state index contributed by atoms with van der Waals surface area (Å²) < 4.78 is 0. The van der Waals surface area contributed by atoms with Gasteiger partial charge in [-0.2, -0.15) is 0 Å². The molecule has 179 valence electrons. The zero-order valence-corrected chi connectivity index (χ0v) is 22.3. The second kappa shape index (κ2) is 10.8. The fraction of sp³-hybridized carbons (Fsp3) is 0.0625. The Morgan fingerprint density at radius 3 is 2.11 bits per heavy atom. The van der Waals surface area contributed by atoms with Crippen LogP contribution in [0.25, 0.3) is 55.5 Å². The number of fused-ring (bicyclic) bond motifs is 3. The number of rotatable bonds is 3. The van der Waals surface area contributed by atoms with Crippen LogP contribution in [-0.2, 0) is 24.9 Å². The molecule has 3 nitrogen and oxygen atoms in total. The first kappa shape index (κ1) is 25.2. The minimum absolute atomic E-state index is 0. The van der Waals surface area contributed by atoms with Crippen LogP contribution in [-0.4, -0.2) is 15.9 Å². The SMILES string of the molecule is CC(=O)C=C(C)O.[Ir].[c-]1ccc(-c2ccccc2)cc1-c1cc2c3c(cccc3n1)-c1ccccc1-2. The zero-order chi connectivity index (χ0) is 24.4. The number of ketones is 1. The molecule has 0 saturated heterocycles. The van der Waals surface area contributed by atoms with Crippen LogP contribution >= 0.6 is 0 Å². The van der Waals surface area contributed by atoms with Crippen molar-refractivity contribution < 1.29 is 30.0 Å². The van der Waals surface area contributed by atoms with Crippen molar-refractivity contribution in [3.63, 3.8) is 0 Å². The quantitative estimate of drug-likeness (QED) is 0.120. The molecule has 1 heterocycles. The molecule has 0 atom stereocenters. The number of hydrogen-bond acceptors (Lipinski definition) is 3. The fourth-order valence-corrected chi connectivity index (χ4v) is 4.53. The number of aliphatic hydroxyl groups excluding tert-OH is 1. The molecule has 0 aliphatic heterocycles. The van der Waals surface area contributed by atoms with Gasteiger partial charge in [-0.25, -0.2) is 0 Å². The Hall–Kier alpha value is -3.85.